The zero-order chi connectivity index (χ0) is 18.8. The number of hydrogen-bond acceptors (Lipinski definition) is 3. The van der Waals surface area contributed by atoms with Crippen molar-refractivity contribution in [2.75, 3.05) is 27.3 Å². The van der Waals surface area contributed by atoms with E-state index in [1.165, 1.54) is 11.1 Å². The van der Waals surface area contributed by atoms with Gasteiger partial charge in [-0.1, -0.05) is 35.9 Å². The summed E-state index contributed by atoms with van der Waals surface area (Å²) in [5.41, 5.74) is 3.67. The summed E-state index contributed by atoms with van der Waals surface area (Å²) >= 11 is 0. The van der Waals surface area contributed by atoms with Crippen molar-refractivity contribution < 1.29 is 9.47 Å². The molecule has 2 aromatic carbocycles. The van der Waals surface area contributed by atoms with E-state index >= 15 is 0 Å². The van der Waals surface area contributed by atoms with Crippen molar-refractivity contribution in [3.8, 4) is 11.5 Å². The average molecular weight is 483 g/mol. The Morgan fingerprint density at radius 1 is 0.926 bits per heavy atom. The number of ether oxygens (including phenoxy) is 2. The van der Waals surface area contributed by atoms with Crippen molar-refractivity contribution in [2.45, 2.75) is 26.8 Å². The summed E-state index contributed by atoms with van der Waals surface area (Å²) in [5.74, 6) is 2.26. The molecule has 0 unspecified atom stereocenters. The normalized spacial score (nSPS) is 10.7. The second-order valence-corrected chi connectivity index (χ2v) is 6.05. The van der Waals surface area contributed by atoms with Gasteiger partial charge in [-0.05, 0) is 43.5 Å². The summed E-state index contributed by atoms with van der Waals surface area (Å²) in [7, 11) is 3.28. The molecule has 2 aromatic rings. The van der Waals surface area contributed by atoms with Gasteiger partial charge in [0, 0.05) is 13.1 Å². The van der Waals surface area contributed by atoms with Crippen LogP contribution in [0.4, 0.5) is 0 Å². The first-order valence-electron chi connectivity index (χ1n) is 8.95. The number of halogens is 1. The molecule has 27 heavy (non-hydrogen) atoms. The first kappa shape index (κ1) is 23.1. The van der Waals surface area contributed by atoms with E-state index in [1.54, 1.807) is 14.2 Å². The second-order valence-electron chi connectivity index (χ2n) is 6.05. The standard InChI is InChI=1S/C21H29N3O2.HI/c1-5-22-21(23-13-12-17-8-6-16(2)7-9-17)24-15-18-10-11-19(25-3)20(14-18)26-4;/h6-11,14H,5,12-13,15H2,1-4H3,(H2,22,23,24);1H. The fourth-order valence-corrected chi connectivity index (χ4v) is 2.57. The highest BCUT2D eigenvalue weighted by Crippen LogP contribution is 2.27. The highest BCUT2D eigenvalue weighted by molar-refractivity contribution is 14.0. The number of methoxy groups -OCH3 is 2. The third-order valence-electron chi connectivity index (χ3n) is 4.04. The van der Waals surface area contributed by atoms with E-state index in [2.05, 4.69) is 53.7 Å². The van der Waals surface area contributed by atoms with E-state index in [1.807, 2.05) is 18.2 Å². The number of rotatable bonds is 8. The molecule has 0 bridgehead atoms. The molecule has 5 nitrogen and oxygen atoms in total. The highest BCUT2D eigenvalue weighted by atomic mass is 127. The predicted molar refractivity (Wildman–Crippen MR) is 123 cm³/mol. The quantitative estimate of drug-likeness (QED) is 0.340. The van der Waals surface area contributed by atoms with Gasteiger partial charge in [0.2, 0.25) is 0 Å². The summed E-state index contributed by atoms with van der Waals surface area (Å²) in [6.07, 6.45) is 0.959. The van der Waals surface area contributed by atoms with Crippen LogP contribution in [-0.2, 0) is 13.0 Å². The van der Waals surface area contributed by atoms with Gasteiger partial charge in [-0.3, -0.25) is 0 Å². The Morgan fingerprint density at radius 2 is 1.59 bits per heavy atom. The van der Waals surface area contributed by atoms with E-state index in [4.69, 9.17) is 9.47 Å². The fourth-order valence-electron chi connectivity index (χ4n) is 2.57. The van der Waals surface area contributed by atoms with Crippen LogP contribution in [0, 0.1) is 6.92 Å². The topological polar surface area (TPSA) is 54.9 Å². The number of aryl methyl sites for hydroxylation is 1. The molecule has 0 atom stereocenters. The summed E-state index contributed by atoms with van der Waals surface area (Å²) in [4.78, 5) is 4.66. The molecule has 0 saturated heterocycles. The number of nitrogens with zero attached hydrogens (tertiary/aromatic N) is 1. The van der Waals surface area contributed by atoms with Crippen LogP contribution in [0.1, 0.15) is 23.6 Å². The highest BCUT2D eigenvalue weighted by Gasteiger charge is 2.05. The van der Waals surface area contributed by atoms with E-state index in [0.717, 1.165) is 42.5 Å². The molecule has 148 valence electrons. The maximum atomic E-state index is 5.35. The van der Waals surface area contributed by atoms with Crippen LogP contribution in [0.15, 0.2) is 47.5 Å². The molecule has 0 aliphatic heterocycles. The average Bonchev–Trinajstić information content (AvgIpc) is 2.67. The number of benzene rings is 2. The molecule has 0 saturated carbocycles. The molecule has 2 N–H and O–H groups in total. The number of guanidine groups is 1. The third kappa shape index (κ3) is 7.66. The van der Waals surface area contributed by atoms with Crippen LogP contribution in [0.25, 0.3) is 0 Å². The minimum absolute atomic E-state index is 0. The zero-order valence-electron chi connectivity index (χ0n) is 16.5. The summed E-state index contributed by atoms with van der Waals surface area (Å²) < 4.78 is 10.6. The monoisotopic (exact) mass is 483 g/mol. The maximum Gasteiger partial charge on any atom is 0.191 e. The number of hydrogen-bond donors (Lipinski definition) is 2. The fraction of sp³-hybridized carbons (Fsp3) is 0.381. The van der Waals surface area contributed by atoms with E-state index in [9.17, 15) is 0 Å². The largest absolute Gasteiger partial charge is 0.493 e. The van der Waals surface area contributed by atoms with E-state index in [0.29, 0.717) is 6.54 Å². The van der Waals surface area contributed by atoms with Crippen LogP contribution in [0.3, 0.4) is 0 Å². The molecular formula is C21H30IN3O2. The Kier molecular flexibility index (Phi) is 10.6. The van der Waals surface area contributed by atoms with Gasteiger partial charge >= 0.3 is 0 Å². The lowest BCUT2D eigenvalue weighted by atomic mass is 10.1. The Hall–Kier alpha value is -1.96. The van der Waals surface area contributed by atoms with Gasteiger partial charge in [0.15, 0.2) is 17.5 Å². The Balaban J connectivity index is 0.00000364. The van der Waals surface area contributed by atoms with Gasteiger partial charge in [0.25, 0.3) is 0 Å². The summed E-state index contributed by atoms with van der Waals surface area (Å²) in [5, 5.41) is 6.67. The predicted octanol–water partition coefficient (Wildman–Crippen LogP) is 3.93. The Labute approximate surface area is 179 Å². The lowest BCUT2D eigenvalue weighted by Gasteiger charge is -2.12. The minimum Gasteiger partial charge on any atom is -0.493 e. The molecule has 0 aromatic heterocycles. The first-order chi connectivity index (χ1) is 12.7. The molecule has 0 radical (unpaired) electrons. The lowest BCUT2D eigenvalue weighted by Crippen LogP contribution is -2.38. The number of aliphatic imine (C=N–C) groups is 1. The molecule has 0 heterocycles. The van der Waals surface area contributed by atoms with E-state index < -0.39 is 0 Å². The van der Waals surface area contributed by atoms with Crippen LogP contribution in [0.2, 0.25) is 0 Å². The Morgan fingerprint density at radius 3 is 2.22 bits per heavy atom. The molecule has 0 spiro atoms. The lowest BCUT2D eigenvalue weighted by molar-refractivity contribution is 0.354. The summed E-state index contributed by atoms with van der Waals surface area (Å²) in [6, 6.07) is 14.5. The molecule has 0 amide bonds. The van der Waals surface area contributed by atoms with Gasteiger partial charge in [-0.15, -0.1) is 24.0 Å². The van der Waals surface area contributed by atoms with Gasteiger partial charge in [-0.2, -0.15) is 0 Å². The molecular weight excluding hydrogens is 453 g/mol. The van der Waals surface area contributed by atoms with Crippen molar-refractivity contribution in [3.63, 3.8) is 0 Å². The van der Waals surface area contributed by atoms with Crippen LogP contribution >= 0.6 is 24.0 Å². The first-order valence-corrected chi connectivity index (χ1v) is 8.95. The van der Waals surface area contributed by atoms with Crippen LogP contribution < -0.4 is 20.1 Å². The second kappa shape index (κ2) is 12.4. The smallest absolute Gasteiger partial charge is 0.191 e. The maximum absolute atomic E-state index is 5.35. The van der Waals surface area contributed by atoms with Crippen LogP contribution in [-0.4, -0.2) is 33.3 Å². The van der Waals surface area contributed by atoms with Gasteiger partial charge < -0.3 is 20.1 Å². The van der Waals surface area contributed by atoms with Crippen molar-refractivity contribution >= 4 is 29.9 Å². The number of nitrogens with one attached hydrogen (secondary N) is 2. The Bertz CT molecular complexity index is 718. The van der Waals surface area contributed by atoms with E-state index in [-0.39, 0.29) is 24.0 Å². The minimum atomic E-state index is 0. The van der Waals surface area contributed by atoms with Gasteiger partial charge in [-0.25, -0.2) is 4.99 Å². The third-order valence-corrected chi connectivity index (χ3v) is 4.04. The molecule has 0 aliphatic rings. The van der Waals surface area contributed by atoms with Crippen LogP contribution in [0.5, 0.6) is 11.5 Å². The molecule has 6 heteroatoms. The zero-order valence-corrected chi connectivity index (χ0v) is 18.9. The van der Waals surface area contributed by atoms with Crippen molar-refractivity contribution in [1.29, 1.82) is 0 Å². The molecule has 0 aliphatic carbocycles. The SMILES string of the molecule is CCNC(=NCc1ccc(OC)c(OC)c1)NCCc1ccc(C)cc1.I. The van der Waals surface area contributed by atoms with Crippen molar-refractivity contribution in [1.82, 2.24) is 10.6 Å². The molecule has 0 fully saturated rings. The van der Waals surface area contributed by atoms with Gasteiger partial charge in [0.1, 0.15) is 0 Å². The molecule has 2 rings (SSSR count). The van der Waals surface area contributed by atoms with Crippen molar-refractivity contribution in [3.05, 3.63) is 59.2 Å². The van der Waals surface area contributed by atoms with Crippen molar-refractivity contribution in [2.24, 2.45) is 4.99 Å². The summed E-state index contributed by atoms with van der Waals surface area (Å²) in [6.45, 7) is 6.39. The van der Waals surface area contributed by atoms with Gasteiger partial charge in [0.05, 0.1) is 20.8 Å².